The van der Waals surface area contributed by atoms with Gasteiger partial charge in [-0.15, -0.1) is 0 Å². The number of rotatable bonds is 4. The third-order valence-corrected chi connectivity index (χ3v) is 6.80. The number of aromatic amines is 1. The fraction of sp³-hybridized carbons (Fsp3) is 0.353. The zero-order valence-electron chi connectivity index (χ0n) is 13.6. The molecule has 1 aromatic carbocycles. The molecule has 5 nitrogen and oxygen atoms in total. The lowest BCUT2D eigenvalue weighted by Gasteiger charge is -2.13. The van der Waals surface area contributed by atoms with Gasteiger partial charge in [-0.1, -0.05) is 23.2 Å². The maximum Gasteiger partial charge on any atom is 0.356 e. The Morgan fingerprint density at radius 1 is 1.20 bits per heavy atom. The monoisotopic (exact) mass is 401 g/mol. The smallest absolute Gasteiger partial charge is 0.356 e. The number of fused-ring (bicyclic) bond motifs is 1. The molecule has 2 aromatic rings. The largest absolute Gasteiger partial charge is 0.461 e. The van der Waals surface area contributed by atoms with E-state index in [0.717, 1.165) is 18.5 Å². The lowest BCUT2D eigenvalue weighted by atomic mass is 9.98. The van der Waals surface area contributed by atoms with E-state index >= 15 is 0 Å². The quantitative estimate of drug-likeness (QED) is 0.778. The standard InChI is InChI=1S/C17H17Cl2NO4S/c1-2-24-17(21)15-16(11-5-3-4-6-14(11)20-15)25(22,23)10-7-8-12(18)13(19)9-10/h7-9,20H,2-6H2,1H3. The average Bonchev–Trinajstić information content (AvgIpc) is 2.98. The van der Waals surface area contributed by atoms with E-state index in [4.69, 9.17) is 27.9 Å². The predicted octanol–water partition coefficient (Wildman–Crippen LogP) is 4.21. The minimum atomic E-state index is -3.95. The third-order valence-electron chi connectivity index (χ3n) is 4.19. The molecule has 0 atom stereocenters. The van der Waals surface area contributed by atoms with Gasteiger partial charge in [0.15, 0.2) is 0 Å². The first-order valence-corrected chi connectivity index (χ1v) is 10.2. The molecule has 0 unspecified atom stereocenters. The van der Waals surface area contributed by atoms with Crippen molar-refractivity contribution in [2.75, 3.05) is 6.61 Å². The fourth-order valence-corrected chi connectivity index (χ4v) is 5.13. The first-order chi connectivity index (χ1) is 11.9. The van der Waals surface area contributed by atoms with Crippen LogP contribution >= 0.6 is 23.2 Å². The van der Waals surface area contributed by atoms with E-state index in [1.165, 1.54) is 18.2 Å². The van der Waals surface area contributed by atoms with Crippen LogP contribution in [-0.4, -0.2) is 26.0 Å². The van der Waals surface area contributed by atoms with Gasteiger partial charge >= 0.3 is 5.97 Å². The Bertz CT molecular complexity index is 934. The van der Waals surface area contributed by atoms with Crippen molar-refractivity contribution < 1.29 is 17.9 Å². The number of carbonyl (C=O) groups excluding carboxylic acids is 1. The first kappa shape index (κ1) is 18.3. The van der Waals surface area contributed by atoms with Crippen molar-refractivity contribution in [2.45, 2.75) is 42.4 Å². The number of H-pyrrole nitrogens is 1. The topological polar surface area (TPSA) is 76.2 Å². The van der Waals surface area contributed by atoms with Gasteiger partial charge in [0.05, 0.1) is 21.5 Å². The van der Waals surface area contributed by atoms with E-state index < -0.39 is 15.8 Å². The molecule has 0 spiro atoms. The van der Waals surface area contributed by atoms with Crippen molar-refractivity contribution in [3.8, 4) is 0 Å². The number of ether oxygens (including phenoxy) is 1. The Balaban J connectivity index is 2.21. The summed E-state index contributed by atoms with van der Waals surface area (Å²) in [5, 5.41) is 0.409. The number of halogens is 2. The number of nitrogens with one attached hydrogen (secondary N) is 1. The Kier molecular flexibility index (Phi) is 5.14. The summed E-state index contributed by atoms with van der Waals surface area (Å²) in [6, 6.07) is 4.12. The van der Waals surface area contributed by atoms with Gasteiger partial charge in [-0.3, -0.25) is 0 Å². The van der Waals surface area contributed by atoms with Gasteiger partial charge in [0.25, 0.3) is 0 Å². The Labute approximate surface area is 156 Å². The van der Waals surface area contributed by atoms with E-state index in [0.29, 0.717) is 18.4 Å². The fourth-order valence-electron chi connectivity index (χ4n) is 3.06. The number of hydrogen-bond donors (Lipinski definition) is 1. The molecule has 1 aliphatic carbocycles. The number of aromatic nitrogens is 1. The molecule has 8 heteroatoms. The summed E-state index contributed by atoms with van der Waals surface area (Å²) in [4.78, 5) is 15.3. The summed E-state index contributed by atoms with van der Waals surface area (Å²) in [7, 11) is -3.95. The number of esters is 1. The van der Waals surface area contributed by atoms with Gasteiger partial charge in [-0.25, -0.2) is 13.2 Å². The Morgan fingerprint density at radius 2 is 1.92 bits per heavy atom. The van der Waals surface area contributed by atoms with E-state index in [9.17, 15) is 13.2 Å². The maximum atomic E-state index is 13.2. The van der Waals surface area contributed by atoms with Crippen LogP contribution in [0, 0.1) is 0 Å². The van der Waals surface area contributed by atoms with Crippen LogP contribution in [0.1, 0.15) is 41.5 Å². The molecular weight excluding hydrogens is 385 g/mol. The minimum Gasteiger partial charge on any atom is -0.461 e. The van der Waals surface area contributed by atoms with Crippen molar-refractivity contribution in [1.29, 1.82) is 0 Å². The van der Waals surface area contributed by atoms with Crippen LogP contribution in [0.25, 0.3) is 0 Å². The van der Waals surface area contributed by atoms with Gasteiger partial charge in [0.1, 0.15) is 10.6 Å². The van der Waals surface area contributed by atoms with E-state index in [1.54, 1.807) is 6.92 Å². The van der Waals surface area contributed by atoms with Gasteiger partial charge in [-0.2, -0.15) is 0 Å². The average molecular weight is 402 g/mol. The molecule has 0 fully saturated rings. The highest BCUT2D eigenvalue weighted by atomic mass is 35.5. The molecule has 0 bridgehead atoms. The number of benzene rings is 1. The van der Waals surface area contributed by atoms with Crippen molar-refractivity contribution in [3.63, 3.8) is 0 Å². The number of sulfone groups is 1. The van der Waals surface area contributed by atoms with Crippen molar-refractivity contribution in [2.24, 2.45) is 0 Å². The van der Waals surface area contributed by atoms with Crippen LogP contribution in [0.15, 0.2) is 28.0 Å². The second-order valence-corrected chi connectivity index (χ2v) is 8.49. The number of carbonyl (C=O) groups is 1. The molecule has 0 saturated carbocycles. The van der Waals surface area contributed by atoms with Crippen molar-refractivity contribution in [3.05, 3.63) is 45.2 Å². The normalized spacial score (nSPS) is 14.2. The molecule has 0 amide bonds. The summed E-state index contributed by atoms with van der Waals surface area (Å²) in [6.45, 7) is 1.84. The number of hydrogen-bond acceptors (Lipinski definition) is 4. The molecule has 1 N–H and O–H groups in total. The second kappa shape index (κ2) is 7.02. The zero-order chi connectivity index (χ0) is 18.2. The molecule has 0 radical (unpaired) electrons. The summed E-state index contributed by atoms with van der Waals surface area (Å²) in [5.74, 6) is -0.671. The maximum absolute atomic E-state index is 13.2. The van der Waals surface area contributed by atoms with Crippen LogP contribution in [0.5, 0.6) is 0 Å². The molecule has 25 heavy (non-hydrogen) atoms. The van der Waals surface area contributed by atoms with Crippen LogP contribution in [0.3, 0.4) is 0 Å². The Hall–Kier alpha value is -1.50. The van der Waals surface area contributed by atoms with E-state index in [-0.39, 0.29) is 32.1 Å². The summed E-state index contributed by atoms with van der Waals surface area (Å²) in [5.41, 5.74) is 1.44. The van der Waals surface area contributed by atoms with Gasteiger partial charge < -0.3 is 9.72 Å². The highest BCUT2D eigenvalue weighted by Crippen LogP contribution is 2.36. The molecule has 1 aromatic heterocycles. The highest BCUT2D eigenvalue weighted by Gasteiger charge is 2.34. The van der Waals surface area contributed by atoms with Crippen LogP contribution in [0.4, 0.5) is 0 Å². The lowest BCUT2D eigenvalue weighted by Crippen LogP contribution is -2.13. The van der Waals surface area contributed by atoms with Gasteiger partial charge in [0.2, 0.25) is 9.84 Å². The van der Waals surface area contributed by atoms with Crippen molar-refractivity contribution >= 4 is 39.0 Å². The third kappa shape index (κ3) is 3.30. The number of aryl methyl sites for hydroxylation is 1. The van der Waals surface area contributed by atoms with Crippen molar-refractivity contribution in [1.82, 2.24) is 4.98 Å². The molecule has 1 heterocycles. The predicted molar refractivity (Wildman–Crippen MR) is 95.3 cm³/mol. The van der Waals surface area contributed by atoms with Crippen LogP contribution in [-0.2, 0) is 27.4 Å². The first-order valence-electron chi connectivity index (χ1n) is 7.97. The molecule has 1 aliphatic rings. The second-order valence-electron chi connectivity index (χ2n) is 5.79. The summed E-state index contributed by atoms with van der Waals surface area (Å²) < 4.78 is 31.5. The summed E-state index contributed by atoms with van der Waals surface area (Å²) >= 11 is 11.9. The SMILES string of the molecule is CCOC(=O)c1[nH]c2c(c1S(=O)(=O)c1ccc(Cl)c(Cl)c1)CCCC2. The molecular formula is C17H17Cl2NO4S. The molecule has 0 aliphatic heterocycles. The highest BCUT2D eigenvalue weighted by molar-refractivity contribution is 7.91. The van der Waals surface area contributed by atoms with Gasteiger partial charge in [-0.05, 0) is 56.4 Å². The van der Waals surface area contributed by atoms with E-state index in [2.05, 4.69) is 4.98 Å². The Morgan fingerprint density at radius 3 is 2.60 bits per heavy atom. The lowest BCUT2D eigenvalue weighted by molar-refractivity contribution is 0.0515. The molecule has 3 rings (SSSR count). The van der Waals surface area contributed by atoms with E-state index in [1.807, 2.05) is 0 Å². The minimum absolute atomic E-state index is 0.000165. The summed E-state index contributed by atoms with van der Waals surface area (Å²) in [6.07, 6.45) is 3.12. The zero-order valence-corrected chi connectivity index (χ0v) is 15.9. The molecule has 134 valence electrons. The molecule has 0 saturated heterocycles. The van der Waals surface area contributed by atoms with Gasteiger partial charge in [0, 0.05) is 5.69 Å². The van der Waals surface area contributed by atoms with Crippen LogP contribution < -0.4 is 0 Å². The van der Waals surface area contributed by atoms with Crippen LogP contribution in [0.2, 0.25) is 10.0 Å².